The fourth-order valence-corrected chi connectivity index (χ4v) is 2.73. The largest absolute Gasteiger partial charge is 0.416 e. The van der Waals surface area contributed by atoms with Crippen LogP contribution >= 0.6 is 11.8 Å². The number of hydrogen-bond donors (Lipinski definition) is 2. The predicted octanol–water partition coefficient (Wildman–Crippen LogP) is 4.48. The first-order valence-electron chi connectivity index (χ1n) is 7.35. The van der Waals surface area contributed by atoms with Crippen LogP contribution in [0.2, 0.25) is 0 Å². The lowest BCUT2D eigenvalue weighted by atomic mass is 10.0. The van der Waals surface area contributed by atoms with Crippen molar-refractivity contribution in [3.05, 3.63) is 65.2 Å². The third-order valence-corrected chi connectivity index (χ3v) is 4.15. The monoisotopic (exact) mass is 391 g/mol. The van der Waals surface area contributed by atoms with E-state index >= 15 is 0 Å². The SMILES string of the molecule is O=C(NCC(O)c1ccccc1C(F)(F)F)c1ccc(SC(F)F)cc1. The van der Waals surface area contributed by atoms with E-state index in [1.54, 1.807) is 0 Å². The van der Waals surface area contributed by atoms with E-state index in [0.29, 0.717) is 11.8 Å². The summed E-state index contributed by atoms with van der Waals surface area (Å²) < 4.78 is 63.3. The number of rotatable bonds is 6. The van der Waals surface area contributed by atoms with E-state index in [1.165, 1.54) is 36.4 Å². The minimum Gasteiger partial charge on any atom is -0.387 e. The van der Waals surface area contributed by atoms with E-state index in [-0.39, 0.29) is 16.0 Å². The van der Waals surface area contributed by atoms with Crippen molar-refractivity contribution in [3.8, 4) is 0 Å². The molecule has 0 aromatic heterocycles. The van der Waals surface area contributed by atoms with Gasteiger partial charge in [-0.05, 0) is 35.9 Å². The highest BCUT2D eigenvalue weighted by molar-refractivity contribution is 7.99. The molecule has 3 nitrogen and oxygen atoms in total. The highest BCUT2D eigenvalue weighted by atomic mass is 32.2. The number of nitrogens with one attached hydrogen (secondary N) is 1. The van der Waals surface area contributed by atoms with E-state index in [2.05, 4.69) is 5.32 Å². The van der Waals surface area contributed by atoms with Crippen molar-refractivity contribution < 1.29 is 31.9 Å². The van der Waals surface area contributed by atoms with Gasteiger partial charge in [0.15, 0.2) is 0 Å². The molecular weight excluding hydrogens is 377 g/mol. The molecule has 140 valence electrons. The normalized spacial score (nSPS) is 12.9. The standard InChI is InChI=1S/C17H14F5NO2S/c18-16(19)26-11-7-5-10(6-8-11)15(25)23-9-14(24)12-3-1-2-4-13(12)17(20,21)22/h1-8,14,16,24H,9H2,(H,23,25). The maximum absolute atomic E-state index is 12.9. The number of benzene rings is 2. The van der Waals surface area contributed by atoms with Crippen LogP contribution in [-0.2, 0) is 6.18 Å². The smallest absolute Gasteiger partial charge is 0.387 e. The number of aliphatic hydroxyl groups excluding tert-OH is 1. The van der Waals surface area contributed by atoms with Gasteiger partial charge in [0.05, 0.1) is 11.7 Å². The van der Waals surface area contributed by atoms with Crippen molar-refractivity contribution in [2.45, 2.75) is 22.9 Å². The van der Waals surface area contributed by atoms with E-state index in [0.717, 1.165) is 12.1 Å². The molecule has 9 heteroatoms. The Balaban J connectivity index is 2.01. The highest BCUT2D eigenvalue weighted by Crippen LogP contribution is 2.34. The fraction of sp³-hybridized carbons (Fsp3) is 0.235. The van der Waals surface area contributed by atoms with Crippen LogP contribution < -0.4 is 5.32 Å². The van der Waals surface area contributed by atoms with Gasteiger partial charge in [-0.15, -0.1) is 0 Å². The molecule has 0 saturated carbocycles. The number of amides is 1. The summed E-state index contributed by atoms with van der Waals surface area (Å²) in [7, 11) is 0. The second kappa shape index (κ2) is 8.50. The lowest BCUT2D eigenvalue weighted by molar-refractivity contribution is -0.139. The molecule has 0 aliphatic heterocycles. The average Bonchev–Trinajstić information content (AvgIpc) is 2.58. The van der Waals surface area contributed by atoms with Gasteiger partial charge in [-0.2, -0.15) is 22.0 Å². The lowest BCUT2D eigenvalue weighted by Gasteiger charge is -2.18. The highest BCUT2D eigenvalue weighted by Gasteiger charge is 2.34. The third kappa shape index (κ3) is 5.43. The van der Waals surface area contributed by atoms with Gasteiger partial charge in [0.25, 0.3) is 11.7 Å². The van der Waals surface area contributed by atoms with Crippen molar-refractivity contribution in [2.24, 2.45) is 0 Å². The van der Waals surface area contributed by atoms with Crippen LogP contribution in [0, 0.1) is 0 Å². The number of carbonyl (C=O) groups excluding carboxylic acids is 1. The van der Waals surface area contributed by atoms with Crippen LogP contribution in [-0.4, -0.2) is 23.3 Å². The van der Waals surface area contributed by atoms with Gasteiger partial charge >= 0.3 is 6.18 Å². The Bertz CT molecular complexity index is 750. The van der Waals surface area contributed by atoms with Gasteiger partial charge in [-0.1, -0.05) is 30.0 Å². The Labute approximate surface area is 150 Å². The van der Waals surface area contributed by atoms with E-state index in [1.807, 2.05) is 0 Å². The number of alkyl halides is 5. The minimum atomic E-state index is -4.63. The molecule has 2 rings (SSSR count). The van der Waals surface area contributed by atoms with Crippen LogP contribution in [0.5, 0.6) is 0 Å². The van der Waals surface area contributed by atoms with Crippen molar-refractivity contribution >= 4 is 17.7 Å². The Morgan fingerprint density at radius 2 is 1.69 bits per heavy atom. The van der Waals surface area contributed by atoms with Crippen molar-refractivity contribution in [2.75, 3.05) is 6.54 Å². The summed E-state index contributed by atoms with van der Waals surface area (Å²) in [6.07, 6.45) is -6.18. The number of carbonyl (C=O) groups is 1. The van der Waals surface area contributed by atoms with Crippen LogP contribution in [0.1, 0.15) is 27.6 Å². The van der Waals surface area contributed by atoms with Crippen molar-refractivity contribution in [1.29, 1.82) is 0 Å². The molecule has 0 radical (unpaired) electrons. The van der Waals surface area contributed by atoms with E-state index in [4.69, 9.17) is 0 Å². The molecule has 0 saturated heterocycles. The molecule has 0 aliphatic rings. The molecule has 0 bridgehead atoms. The Morgan fingerprint density at radius 3 is 2.27 bits per heavy atom. The molecule has 26 heavy (non-hydrogen) atoms. The fourth-order valence-electron chi connectivity index (χ4n) is 2.23. The second-order valence-electron chi connectivity index (χ2n) is 5.21. The van der Waals surface area contributed by atoms with Gasteiger partial charge in [0, 0.05) is 17.0 Å². The molecule has 0 aliphatic carbocycles. The number of hydrogen-bond acceptors (Lipinski definition) is 3. The van der Waals surface area contributed by atoms with Gasteiger partial charge in [-0.3, -0.25) is 4.79 Å². The summed E-state index contributed by atoms with van der Waals surface area (Å²) in [5.74, 6) is -3.22. The van der Waals surface area contributed by atoms with Crippen LogP contribution in [0.4, 0.5) is 22.0 Å². The number of halogens is 5. The quantitative estimate of drug-likeness (QED) is 0.564. The zero-order chi connectivity index (χ0) is 19.3. The molecular formula is C17H14F5NO2S. The van der Waals surface area contributed by atoms with Gasteiger partial charge in [0.2, 0.25) is 0 Å². The van der Waals surface area contributed by atoms with Crippen LogP contribution in [0.25, 0.3) is 0 Å². The number of thioether (sulfide) groups is 1. The third-order valence-electron chi connectivity index (χ3n) is 3.42. The summed E-state index contributed by atoms with van der Waals surface area (Å²) >= 11 is 0.327. The predicted molar refractivity (Wildman–Crippen MR) is 87.0 cm³/mol. The molecule has 2 aromatic carbocycles. The van der Waals surface area contributed by atoms with Crippen molar-refractivity contribution in [3.63, 3.8) is 0 Å². The second-order valence-corrected chi connectivity index (χ2v) is 6.28. The molecule has 0 spiro atoms. The summed E-state index contributed by atoms with van der Waals surface area (Å²) in [5, 5.41) is 12.3. The summed E-state index contributed by atoms with van der Waals surface area (Å²) in [6.45, 7) is -0.431. The molecule has 1 unspecified atom stereocenters. The maximum Gasteiger partial charge on any atom is 0.416 e. The summed E-state index contributed by atoms with van der Waals surface area (Å²) in [6, 6.07) is 9.84. The van der Waals surface area contributed by atoms with Crippen molar-refractivity contribution in [1.82, 2.24) is 5.32 Å². The van der Waals surface area contributed by atoms with Gasteiger partial charge in [0.1, 0.15) is 0 Å². The molecule has 1 amide bonds. The first-order chi connectivity index (χ1) is 12.2. The lowest BCUT2D eigenvalue weighted by Crippen LogP contribution is -2.29. The number of aliphatic hydroxyl groups is 1. The molecule has 0 fully saturated rings. The Hall–Kier alpha value is -2.13. The minimum absolute atomic E-state index is 0.139. The van der Waals surface area contributed by atoms with Gasteiger partial charge in [-0.25, -0.2) is 0 Å². The first-order valence-corrected chi connectivity index (χ1v) is 8.23. The van der Waals surface area contributed by atoms with Crippen LogP contribution in [0.3, 0.4) is 0 Å². The zero-order valence-electron chi connectivity index (χ0n) is 13.1. The summed E-state index contributed by atoms with van der Waals surface area (Å²) in [4.78, 5) is 12.3. The van der Waals surface area contributed by atoms with Crippen LogP contribution in [0.15, 0.2) is 53.4 Å². The molecule has 2 N–H and O–H groups in total. The molecule has 0 heterocycles. The topological polar surface area (TPSA) is 49.3 Å². The van der Waals surface area contributed by atoms with E-state index < -0.39 is 36.1 Å². The zero-order valence-corrected chi connectivity index (χ0v) is 14.0. The molecule has 2 aromatic rings. The van der Waals surface area contributed by atoms with Gasteiger partial charge < -0.3 is 10.4 Å². The summed E-state index contributed by atoms with van der Waals surface area (Å²) in [5.41, 5.74) is -1.18. The van der Waals surface area contributed by atoms with E-state index in [9.17, 15) is 31.9 Å². The average molecular weight is 391 g/mol. The Kier molecular flexibility index (Phi) is 6.60. The molecule has 1 atom stereocenters. The maximum atomic E-state index is 12.9. The first kappa shape index (κ1) is 20.2. The Morgan fingerprint density at radius 1 is 1.08 bits per heavy atom.